The molecule has 1 aliphatic rings. The molecule has 0 saturated carbocycles. The summed E-state index contributed by atoms with van der Waals surface area (Å²) in [5.74, 6) is 4.51. The van der Waals surface area contributed by atoms with Crippen molar-refractivity contribution >= 4 is 29.6 Å². The van der Waals surface area contributed by atoms with Gasteiger partial charge in [-0.1, -0.05) is 60.3 Å². The van der Waals surface area contributed by atoms with Crippen molar-refractivity contribution in [1.82, 2.24) is 30.6 Å². The number of hydrogen-bond donors (Lipinski definition) is 3. The molecule has 0 unspecified atom stereocenters. The zero-order chi connectivity index (χ0) is 23.6. The zero-order valence-corrected chi connectivity index (χ0v) is 18.3. The second-order valence-electron chi connectivity index (χ2n) is 7.42. The van der Waals surface area contributed by atoms with Crippen LogP contribution in [0.15, 0.2) is 59.8 Å². The normalized spacial score (nSPS) is 17.8. The standard InChI is InChI=1S/C21H20FN7O3S/c1-21(14-8-3-2-4-9-14)18(31)29(19(32)24-21)27-17(30)12-33-20-26-25-16(28(20)23)11-13-7-5-6-10-15(13)22/h2-10H,11-12,23H2,1H3,(H,24,32)(H,27,30)/t21-/m0/s1. The Morgan fingerprint density at radius 3 is 2.58 bits per heavy atom. The Kier molecular flexibility index (Phi) is 6.01. The summed E-state index contributed by atoms with van der Waals surface area (Å²) in [7, 11) is 0. The van der Waals surface area contributed by atoms with E-state index in [1.54, 1.807) is 55.5 Å². The highest BCUT2D eigenvalue weighted by molar-refractivity contribution is 7.99. The monoisotopic (exact) mass is 469 g/mol. The largest absolute Gasteiger partial charge is 0.344 e. The van der Waals surface area contributed by atoms with Gasteiger partial charge in [0.1, 0.15) is 11.4 Å². The van der Waals surface area contributed by atoms with Crippen LogP contribution in [0.3, 0.4) is 0 Å². The van der Waals surface area contributed by atoms with E-state index < -0.39 is 23.4 Å². The molecule has 10 nitrogen and oxygen atoms in total. The number of hydrogen-bond acceptors (Lipinski definition) is 7. The third-order valence-electron chi connectivity index (χ3n) is 5.15. The second-order valence-corrected chi connectivity index (χ2v) is 8.36. The SMILES string of the molecule is C[C@@]1(c2ccccc2)NC(=O)N(NC(=O)CSc2nnc(Cc3ccccc3F)n2N)C1=O. The van der Waals surface area contributed by atoms with Gasteiger partial charge in [0.2, 0.25) is 11.1 Å². The summed E-state index contributed by atoms with van der Waals surface area (Å²) in [6, 6.07) is 14.2. The number of carbonyl (C=O) groups excluding carboxylic acids is 3. The molecule has 2 aromatic carbocycles. The number of aromatic nitrogens is 3. The first-order valence-electron chi connectivity index (χ1n) is 9.87. The first-order chi connectivity index (χ1) is 15.8. The number of urea groups is 1. The van der Waals surface area contributed by atoms with Gasteiger partial charge in [-0.2, -0.15) is 5.01 Å². The van der Waals surface area contributed by atoms with Crippen molar-refractivity contribution in [1.29, 1.82) is 0 Å². The van der Waals surface area contributed by atoms with Gasteiger partial charge in [-0.25, -0.2) is 13.9 Å². The summed E-state index contributed by atoms with van der Waals surface area (Å²) in [4.78, 5) is 37.6. The summed E-state index contributed by atoms with van der Waals surface area (Å²) in [5, 5.41) is 11.4. The molecule has 1 atom stereocenters. The Morgan fingerprint density at radius 2 is 1.85 bits per heavy atom. The number of halogens is 1. The van der Waals surface area contributed by atoms with E-state index in [1.165, 1.54) is 10.7 Å². The van der Waals surface area contributed by atoms with Crippen molar-refractivity contribution in [3.05, 3.63) is 77.4 Å². The molecule has 33 heavy (non-hydrogen) atoms. The number of nitrogen functional groups attached to an aromatic ring is 1. The molecule has 1 aliphatic heterocycles. The van der Waals surface area contributed by atoms with Crippen molar-refractivity contribution in [3.8, 4) is 0 Å². The molecule has 4 N–H and O–H groups in total. The first-order valence-corrected chi connectivity index (χ1v) is 10.9. The summed E-state index contributed by atoms with van der Waals surface area (Å²) >= 11 is 0.962. The lowest BCUT2D eigenvalue weighted by Crippen LogP contribution is -2.48. The highest BCUT2D eigenvalue weighted by Gasteiger charge is 2.49. The topological polar surface area (TPSA) is 135 Å². The average Bonchev–Trinajstić information content (AvgIpc) is 3.26. The smallest absolute Gasteiger partial charge is 0.336 e. The molecular weight excluding hydrogens is 449 g/mol. The van der Waals surface area contributed by atoms with E-state index in [0.717, 1.165) is 11.8 Å². The van der Waals surface area contributed by atoms with Crippen LogP contribution in [-0.4, -0.2) is 43.5 Å². The van der Waals surface area contributed by atoms with Gasteiger partial charge >= 0.3 is 6.03 Å². The van der Waals surface area contributed by atoms with E-state index in [1.807, 2.05) is 0 Å². The van der Waals surface area contributed by atoms with E-state index in [-0.39, 0.29) is 23.1 Å². The third-order valence-corrected chi connectivity index (χ3v) is 6.10. The van der Waals surface area contributed by atoms with Crippen LogP contribution in [0.2, 0.25) is 0 Å². The van der Waals surface area contributed by atoms with Gasteiger partial charge in [-0.05, 0) is 24.1 Å². The Balaban J connectivity index is 1.37. The van der Waals surface area contributed by atoms with Crippen LogP contribution in [0.25, 0.3) is 0 Å². The highest BCUT2D eigenvalue weighted by atomic mass is 32.2. The first kappa shape index (κ1) is 22.3. The number of hydrazine groups is 1. The molecule has 1 aromatic heterocycles. The zero-order valence-electron chi connectivity index (χ0n) is 17.5. The number of nitrogens with two attached hydrogens (primary N) is 1. The maximum atomic E-state index is 13.9. The molecule has 0 radical (unpaired) electrons. The molecule has 12 heteroatoms. The summed E-state index contributed by atoms with van der Waals surface area (Å²) < 4.78 is 15.0. The van der Waals surface area contributed by atoms with E-state index in [4.69, 9.17) is 5.84 Å². The molecule has 4 amide bonds. The minimum Gasteiger partial charge on any atom is -0.336 e. The van der Waals surface area contributed by atoms with Crippen LogP contribution < -0.4 is 16.6 Å². The predicted molar refractivity (Wildman–Crippen MR) is 117 cm³/mol. The van der Waals surface area contributed by atoms with E-state index in [2.05, 4.69) is 20.9 Å². The van der Waals surface area contributed by atoms with Gasteiger partial charge in [0.05, 0.1) is 5.75 Å². The van der Waals surface area contributed by atoms with E-state index in [0.29, 0.717) is 22.0 Å². The Hall–Kier alpha value is -3.93. The fraction of sp³-hybridized carbons (Fsp3) is 0.190. The minimum atomic E-state index is -1.29. The molecule has 0 spiro atoms. The number of imide groups is 1. The van der Waals surface area contributed by atoms with Gasteiger partial charge in [-0.3, -0.25) is 15.0 Å². The van der Waals surface area contributed by atoms with Gasteiger partial charge in [0.15, 0.2) is 5.82 Å². The average molecular weight is 470 g/mol. The van der Waals surface area contributed by atoms with E-state index in [9.17, 15) is 18.8 Å². The van der Waals surface area contributed by atoms with Crippen molar-refractivity contribution in [2.75, 3.05) is 11.6 Å². The lowest BCUT2D eigenvalue weighted by Gasteiger charge is -2.22. The number of benzene rings is 2. The Labute approximate surface area is 192 Å². The number of rotatable bonds is 7. The van der Waals surface area contributed by atoms with Crippen LogP contribution in [0.1, 0.15) is 23.9 Å². The Morgan fingerprint density at radius 1 is 1.15 bits per heavy atom. The number of nitrogens with zero attached hydrogens (tertiary/aromatic N) is 4. The van der Waals surface area contributed by atoms with Crippen LogP contribution in [0, 0.1) is 5.82 Å². The lowest BCUT2D eigenvalue weighted by molar-refractivity contribution is -0.138. The van der Waals surface area contributed by atoms with Gasteiger partial charge in [-0.15, -0.1) is 10.2 Å². The summed E-state index contributed by atoms with van der Waals surface area (Å²) in [5.41, 5.74) is 2.02. The van der Waals surface area contributed by atoms with Crippen LogP contribution in [-0.2, 0) is 21.5 Å². The van der Waals surface area contributed by atoms with Crippen molar-refractivity contribution in [2.24, 2.45) is 0 Å². The minimum absolute atomic E-state index is 0.128. The second kappa shape index (κ2) is 8.90. The number of amides is 4. The summed E-state index contributed by atoms with van der Waals surface area (Å²) in [6.45, 7) is 1.57. The van der Waals surface area contributed by atoms with Crippen LogP contribution in [0.5, 0.6) is 0 Å². The van der Waals surface area contributed by atoms with Crippen molar-refractivity contribution < 1.29 is 18.8 Å². The van der Waals surface area contributed by atoms with Crippen molar-refractivity contribution in [3.63, 3.8) is 0 Å². The molecule has 4 rings (SSSR count). The third kappa shape index (κ3) is 4.37. The molecular formula is C21H20FN7O3S. The lowest BCUT2D eigenvalue weighted by atomic mass is 9.92. The maximum absolute atomic E-state index is 13.9. The van der Waals surface area contributed by atoms with Gasteiger partial charge < -0.3 is 11.2 Å². The van der Waals surface area contributed by atoms with Gasteiger partial charge in [0.25, 0.3) is 5.91 Å². The number of thioether (sulfide) groups is 1. The molecule has 170 valence electrons. The molecule has 0 aliphatic carbocycles. The molecule has 1 saturated heterocycles. The quantitative estimate of drug-likeness (QED) is 0.270. The van der Waals surface area contributed by atoms with Gasteiger partial charge in [0, 0.05) is 6.42 Å². The van der Waals surface area contributed by atoms with Crippen LogP contribution >= 0.6 is 11.8 Å². The molecule has 3 aromatic rings. The highest BCUT2D eigenvalue weighted by Crippen LogP contribution is 2.27. The molecule has 1 fully saturated rings. The maximum Gasteiger partial charge on any atom is 0.344 e. The number of carbonyl (C=O) groups is 3. The molecule has 2 heterocycles. The predicted octanol–water partition coefficient (Wildman–Crippen LogP) is 1.31. The summed E-state index contributed by atoms with van der Waals surface area (Å²) in [6.07, 6.45) is 0.128. The number of nitrogens with one attached hydrogen (secondary N) is 2. The van der Waals surface area contributed by atoms with Crippen LogP contribution in [0.4, 0.5) is 9.18 Å². The fourth-order valence-electron chi connectivity index (χ4n) is 3.33. The fourth-order valence-corrected chi connectivity index (χ4v) is 4.00. The Bertz CT molecular complexity index is 1220. The van der Waals surface area contributed by atoms with E-state index >= 15 is 0 Å². The molecule has 0 bridgehead atoms. The van der Waals surface area contributed by atoms with Crippen molar-refractivity contribution in [2.45, 2.75) is 24.0 Å².